The van der Waals surface area contributed by atoms with Crippen molar-refractivity contribution in [1.82, 2.24) is 5.43 Å². The Kier molecular flexibility index (Phi) is 6.42. The molecule has 1 amide bonds. The van der Waals surface area contributed by atoms with Gasteiger partial charge in [-0.05, 0) is 66.2 Å². The lowest BCUT2D eigenvalue weighted by Gasteiger charge is -2.05. The molecule has 0 heterocycles. The third-order valence-corrected chi connectivity index (χ3v) is 4.14. The van der Waals surface area contributed by atoms with E-state index in [1.165, 1.54) is 6.21 Å². The predicted molar refractivity (Wildman–Crippen MR) is 109 cm³/mol. The summed E-state index contributed by atoms with van der Waals surface area (Å²) in [5, 5.41) is 5.00. The summed E-state index contributed by atoms with van der Waals surface area (Å²) in [6, 6.07) is 19.6. The highest BCUT2D eigenvalue weighted by Gasteiger charge is 2.08. The molecule has 0 fully saturated rings. The van der Waals surface area contributed by atoms with E-state index < -0.39 is 5.97 Å². The number of amides is 1. The molecule has 0 saturated carbocycles. The molecule has 1 N–H and O–H groups in total. The van der Waals surface area contributed by atoms with Gasteiger partial charge in [0.25, 0.3) is 5.91 Å². The average molecular weight is 413 g/mol. The Morgan fingerprint density at radius 3 is 2.11 bits per heavy atom. The molecular weight excluding hydrogens is 399 g/mol. The number of esters is 1. The lowest BCUT2D eigenvalue weighted by atomic mass is 10.2. The summed E-state index contributed by atoms with van der Waals surface area (Å²) in [6.45, 7) is 0. The second-order valence-electron chi connectivity index (χ2n) is 5.67. The maximum absolute atomic E-state index is 12.2. The number of ether oxygens (including phenoxy) is 1. The van der Waals surface area contributed by atoms with Gasteiger partial charge in [0.2, 0.25) is 0 Å². The van der Waals surface area contributed by atoms with Crippen LogP contribution in [0.25, 0.3) is 0 Å². The number of carbonyl (C=O) groups excluding carboxylic acids is 2. The molecule has 0 unspecified atom stereocenters. The first-order valence-corrected chi connectivity index (χ1v) is 8.93. The smallest absolute Gasteiger partial charge is 0.343 e. The maximum atomic E-state index is 12.2. The fourth-order valence-corrected chi connectivity index (χ4v) is 2.49. The molecule has 0 aliphatic heterocycles. The van der Waals surface area contributed by atoms with Crippen LogP contribution in [0.4, 0.5) is 0 Å². The molecule has 0 atom stereocenters. The third-order valence-electron chi connectivity index (χ3n) is 3.63. The van der Waals surface area contributed by atoms with E-state index in [-0.39, 0.29) is 5.91 Å². The van der Waals surface area contributed by atoms with Gasteiger partial charge in [0, 0.05) is 15.6 Å². The number of benzene rings is 3. The second kappa shape index (κ2) is 9.17. The minimum absolute atomic E-state index is 0.355. The first-order valence-electron chi connectivity index (χ1n) is 8.18. The van der Waals surface area contributed by atoms with E-state index in [1.807, 2.05) is 0 Å². The van der Waals surface area contributed by atoms with Crippen molar-refractivity contribution >= 4 is 41.3 Å². The number of nitrogens with zero attached hydrogens (tertiary/aromatic N) is 1. The molecule has 5 nitrogen and oxygen atoms in total. The summed E-state index contributed by atoms with van der Waals surface area (Å²) in [6.07, 6.45) is 1.45. The van der Waals surface area contributed by atoms with Crippen LogP contribution in [0.3, 0.4) is 0 Å². The van der Waals surface area contributed by atoms with E-state index in [1.54, 1.807) is 72.8 Å². The Morgan fingerprint density at radius 2 is 1.46 bits per heavy atom. The molecule has 140 valence electrons. The van der Waals surface area contributed by atoms with Crippen LogP contribution >= 0.6 is 23.2 Å². The zero-order valence-electron chi connectivity index (χ0n) is 14.4. The standard InChI is InChI=1S/C21H14Cl2N2O3/c22-17-8-4-15(5-9-17)20(26)25-24-13-14-2-1-3-19(12-14)28-21(27)16-6-10-18(23)11-7-16/h1-13H,(H,25,26)/b24-13+. The maximum Gasteiger partial charge on any atom is 0.343 e. The molecular formula is C21H14Cl2N2O3. The van der Waals surface area contributed by atoms with Crippen LogP contribution in [0.1, 0.15) is 26.3 Å². The topological polar surface area (TPSA) is 67.8 Å². The highest BCUT2D eigenvalue weighted by molar-refractivity contribution is 6.31. The number of carbonyl (C=O) groups is 2. The molecule has 0 radical (unpaired) electrons. The van der Waals surface area contributed by atoms with Crippen molar-refractivity contribution in [2.24, 2.45) is 5.10 Å². The van der Waals surface area contributed by atoms with Gasteiger partial charge in [-0.15, -0.1) is 0 Å². The van der Waals surface area contributed by atoms with Crippen molar-refractivity contribution in [2.45, 2.75) is 0 Å². The molecule has 3 aromatic carbocycles. The van der Waals surface area contributed by atoms with E-state index in [4.69, 9.17) is 27.9 Å². The molecule has 0 aromatic heterocycles. The second-order valence-corrected chi connectivity index (χ2v) is 6.55. The molecule has 0 saturated heterocycles. The van der Waals surface area contributed by atoms with Gasteiger partial charge in [0.1, 0.15) is 5.75 Å². The lowest BCUT2D eigenvalue weighted by Crippen LogP contribution is -2.17. The van der Waals surface area contributed by atoms with Crippen molar-refractivity contribution < 1.29 is 14.3 Å². The summed E-state index contributed by atoms with van der Waals surface area (Å²) in [7, 11) is 0. The van der Waals surface area contributed by atoms with Gasteiger partial charge in [0.15, 0.2) is 0 Å². The Bertz CT molecular complexity index is 1020. The van der Waals surface area contributed by atoms with E-state index in [0.29, 0.717) is 32.5 Å². The molecule has 0 aliphatic carbocycles. The van der Waals surface area contributed by atoms with Gasteiger partial charge in [-0.2, -0.15) is 5.10 Å². The average Bonchev–Trinajstić information content (AvgIpc) is 2.69. The van der Waals surface area contributed by atoms with E-state index in [9.17, 15) is 9.59 Å². The summed E-state index contributed by atoms with van der Waals surface area (Å²) < 4.78 is 5.35. The summed E-state index contributed by atoms with van der Waals surface area (Å²) >= 11 is 11.6. The van der Waals surface area contributed by atoms with Crippen LogP contribution in [0.5, 0.6) is 5.75 Å². The zero-order valence-corrected chi connectivity index (χ0v) is 15.9. The molecule has 0 spiro atoms. The first-order chi connectivity index (χ1) is 13.5. The lowest BCUT2D eigenvalue weighted by molar-refractivity contribution is 0.0734. The van der Waals surface area contributed by atoms with Crippen LogP contribution in [-0.4, -0.2) is 18.1 Å². The Labute approximate surface area is 171 Å². The molecule has 0 aliphatic rings. The van der Waals surface area contributed by atoms with Gasteiger partial charge >= 0.3 is 5.97 Å². The van der Waals surface area contributed by atoms with Crippen molar-refractivity contribution in [3.8, 4) is 5.75 Å². The van der Waals surface area contributed by atoms with Crippen molar-refractivity contribution in [3.05, 3.63) is 99.5 Å². The number of hydrogen-bond donors (Lipinski definition) is 1. The normalized spacial score (nSPS) is 10.6. The molecule has 3 rings (SSSR count). The predicted octanol–water partition coefficient (Wildman–Crippen LogP) is 4.98. The van der Waals surface area contributed by atoms with Gasteiger partial charge in [-0.3, -0.25) is 4.79 Å². The minimum Gasteiger partial charge on any atom is -0.423 e. The Morgan fingerprint density at radius 1 is 0.857 bits per heavy atom. The Balaban J connectivity index is 1.61. The zero-order chi connectivity index (χ0) is 19.9. The Hall–Kier alpha value is -3.15. The largest absolute Gasteiger partial charge is 0.423 e. The SMILES string of the molecule is O=C(N/N=C/c1cccc(OC(=O)c2ccc(Cl)cc2)c1)c1ccc(Cl)cc1. The third kappa shape index (κ3) is 5.42. The van der Waals surface area contributed by atoms with Gasteiger partial charge in [-0.1, -0.05) is 35.3 Å². The number of halogens is 2. The van der Waals surface area contributed by atoms with Crippen LogP contribution in [0.2, 0.25) is 10.0 Å². The summed E-state index contributed by atoms with van der Waals surface area (Å²) in [4.78, 5) is 24.1. The van der Waals surface area contributed by atoms with E-state index in [0.717, 1.165) is 0 Å². The van der Waals surface area contributed by atoms with Crippen molar-refractivity contribution in [3.63, 3.8) is 0 Å². The van der Waals surface area contributed by atoms with Gasteiger partial charge in [0.05, 0.1) is 11.8 Å². The fraction of sp³-hybridized carbons (Fsp3) is 0. The van der Waals surface area contributed by atoms with Crippen LogP contribution in [0, 0.1) is 0 Å². The van der Waals surface area contributed by atoms with Gasteiger partial charge < -0.3 is 4.74 Å². The molecule has 28 heavy (non-hydrogen) atoms. The monoisotopic (exact) mass is 412 g/mol. The van der Waals surface area contributed by atoms with Crippen LogP contribution in [0.15, 0.2) is 77.9 Å². The fourth-order valence-electron chi connectivity index (χ4n) is 2.24. The molecule has 7 heteroatoms. The first kappa shape index (κ1) is 19.6. The molecule has 3 aromatic rings. The minimum atomic E-state index is -0.498. The highest BCUT2D eigenvalue weighted by atomic mass is 35.5. The number of hydrogen-bond acceptors (Lipinski definition) is 4. The van der Waals surface area contributed by atoms with Crippen LogP contribution < -0.4 is 10.2 Å². The highest BCUT2D eigenvalue weighted by Crippen LogP contribution is 2.16. The summed E-state index contributed by atoms with van der Waals surface area (Å²) in [5.74, 6) is -0.507. The van der Waals surface area contributed by atoms with Gasteiger partial charge in [-0.25, -0.2) is 10.2 Å². The quantitative estimate of drug-likeness (QED) is 0.278. The van der Waals surface area contributed by atoms with E-state index in [2.05, 4.69) is 10.5 Å². The van der Waals surface area contributed by atoms with Crippen LogP contribution in [-0.2, 0) is 0 Å². The van der Waals surface area contributed by atoms with E-state index >= 15 is 0 Å². The number of hydrazone groups is 1. The summed E-state index contributed by atoms with van der Waals surface area (Å²) in [5.41, 5.74) is 3.90. The van der Waals surface area contributed by atoms with Crippen molar-refractivity contribution in [2.75, 3.05) is 0 Å². The number of rotatable bonds is 5. The number of nitrogens with one attached hydrogen (secondary N) is 1. The van der Waals surface area contributed by atoms with Crippen molar-refractivity contribution in [1.29, 1.82) is 0 Å². The molecule has 0 bridgehead atoms.